The molecule has 4 rings (SSSR count). The third-order valence-corrected chi connectivity index (χ3v) is 10.9. The van der Waals surface area contributed by atoms with Gasteiger partial charge in [0, 0.05) is 52.3 Å². The van der Waals surface area contributed by atoms with Crippen LogP contribution >= 0.6 is 11.3 Å². The van der Waals surface area contributed by atoms with Gasteiger partial charge in [-0.3, -0.25) is 4.90 Å². The molecule has 0 N–H and O–H groups in total. The van der Waals surface area contributed by atoms with Crippen molar-refractivity contribution < 1.29 is 17.9 Å². The molecular formula is C38H49F3N4OS. The Kier molecular flexibility index (Phi) is 11.8. The molecule has 1 fully saturated rings. The summed E-state index contributed by atoms with van der Waals surface area (Å²) >= 11 is 1.24. The summed E-state index contributed by atoms with van der Waals surface area (Å²) in [7, 11) is 1.85. The Morgan fingerprint density at radius 2 is 1.94 bits per heavy atom. The first-order chi connectivity index (χ1) is 22.2. The molecule has 47 heavy (non-hydrogen) atoms. The third kappa shape index (κ3) is 7.39. The summed E-state index contributed by atoms with van der Waals surface area (Å²) in [6.07, 6.45) is 3.36. The number of fused-ring (bicyclic) bond motifs is 1. The number of halogens is 3. The minimum Gasteiger partial charge on any atom is -0.476 e. The van der Waals surface area contributed by atoms with Crippen LogP contribution in [0.3, 0.4) is 0 Å². The van der Waals surface area contributed by atoms with Gasteiger partial charge in [-0.05, 0) is 82.4 Å². The number of alkyl halides is 1. The van der Waals surface area contributed by atoms with E-state index in [9.17, 15) is 9.65 Å². The van der Waals surface area contributed by atoms with Crippen molar-refractivity contribution in [2.24, 2.45) is 10.9 Å². The quantitative estimate of drug-likeness (QED) is 0.212. The van der Waals surface area contributed by atoms with E-state index >= 15 is 8.78 Å². The summed E-state index contributed by atoms with van der Waals surface area (Å²) in [6, 6.07) is 5.29. The van der Waals surface area contributed by atoms with E-state index in [0.717, 1.165) is 30.0 Å². The van der Waals surface area contributed by atoms with Gasteiger partial charge < -0.3 is 9.64 Å². The number of allylic oxidation sites excluding steroid dienone is 6. The van der Waals surface area contributed by atoms with Crippen molar-refractivity contribution in [1.29, 1.82) is 5.26 Å². The summed E-state index contributed by atoms with van der Waals surface area (Å²) in [5.74, 6) is -0.645. The van der Waals surface area contributed by atoms with Crippen LogP contribution in [0.4, 0.5) is 13.2 Å². The molecule has 1 aromatic heterocycles. The van der Waals surface area contributed by atoms with Gasteiger partial charge in [-0.25, -0.2) is 18.2 Å². The number of nitrogens with zero attached hydrogens (tertiary/aromatic N) is 4. The molecule has 1 aromatic carbocycles. The maximum absolute atomic E-state index is 17.3. The second kappa shape index (κ2) is 15.3. The van der Waals surface area contributed by atoms with E-state index in [1.807, 2.05) is 45.7 Å². The smallest absolute Gasteiger partial charge is 0.206 e. The number of nitriles is 1. The molecule has 0 saturated carbocycles. The van der Waals surface area contributed by atoms with Gasteiger partial charge in [0.1, 0.15) is 30.4 Å². The summed E-state index contributed by atoms with van der Waals surface area (Å²) < 4.78 is 52.8. The maximum atomic E-state index is 17.3. The van der Waals surface area contributed by atoms with Crippen molar-refractivity contribution >= 4 is 32.7 Å². The van der Waals surface area contributed by atoms with Crippen LogP contribution in [0.25, 0.3) is 15.7 Å². The predicted molar refractivity (Wildman–Crippen MR) is 189 cm³/mol. The van der Waals surface area contributed by atoms with Crippen molar-refractivity contribution in [2.75, 3.05) is 26.7 Å². The molecule has 9 heteroatoms. The zero-order valence-corrected chi connectivity index (χ0v) is 30.1. The Labute approximate surface area is 282 Å². The minimum atomic E-state index is -0.920. The molecule has 2 aromatic rings. The fourth-order valence-electron chi connectivity index (χ4n) is 6.97. The highest BCUT2D eigenvalue weighted by atomic mass is 32.1. The van der Waals surface area contributed by atoms with Gasteiger partial charge in [-0.15, -0.1) is 11.3 Å². The largest absolute Gasteiger partial charge is 0.476 e. The van der Waals surface area contributed by atoms with Gasteiger partial charge in [0.05, 0.1) is 10.3 Å². The molecule has 1 saturated heterocycles. The molecule has 1 aliphatic heterocycles. The Balaban J connectivity index is 1.93. The normalized spacial score (nSPS) is 21.6. The number of benzene rings is 1. The number of likely N-dealkylation sites (tertiary alicyclic amines) is 1. The molecular weight excluding hydrogens is 618 g/mol. The number of hydrogen-bond acceptors (Lipinski definition) is 6. The second-order valence-electron chi connectivity index (χ2n) is 13.4. The molecule has 0 bridgehead atoms. The van der Waals surface area contributed by atoms with Crippen LogP contribution in [-0.4, -0.2) is 60.5 Å². The number of thiophene rings is 1. The third-order valence-electron chi connectivity index (χ3n) is 9.39. The monoisotopic (exact) mass is 666 g/mol. The van der Waals surface area contributed by atoms with E-state index < -0.39 is 17.8 Å². The van der Waals surface area contributed by atoms with Crippen molar-refractivity contribution in [2.45, 2.75) is 98.8 Å². The van der Waals surface area contributed by atoms with Crippen LogP contribution in [0.1, 0.15) is 96.6 Å². The molecule has 0 spiro atoms. The standard InChI is InChI=1S/C38H49F3N4OS/c1-11-13-32(21(3)4)45(12-2)24(8)29-16-23(7)33(28-14-15-31(40)38-34(28)30(18-42)37(47-38)22(5)6)35(41)36(29)43-25(9)46-20-27-17-26(39)19-44(27)10/h14-16,21-22,26-27,32H,9,11-13,17,19-20H2,1-8,10H3/b29-24+,43-36+. The Morgan fingerprint density at radius 1 is 1.23 bits per heavy atom. The van der Waals surface area contributed by atoms with E-state index in [1.54, 1.807) is 6.07 Å². The zero-order valence-electron chi connectivity index (χ0n) is 29.3. The number of ether oxygens (including phenoxy) is 1. The molecule has 2 aliphatic rings. The van der Waals surface area contributed by atoms with Gasteiger partial charge in [-0.2, -0.15) is 5.26 Å². The van der Waals surface area contributed by atoms with Crippen molar-refractivity contribution in [1.82, 2.24) is 9.80 Å². The second-order valence-corrected chi connectivity index (χ2v) is 14.5. The number of rotatable bonds is 12. The minimum absolute atomic E-state index is 0.00505. The Bertz CT molecular complexity index is 1680. The lowest BCUT2D eigenvalue weighted by atomic mass is 9.85. The van der Waals surface area contributed by atoms with Crippen LogP contribution in [0.15, 0.2) is 58.3 Å². The van der Waals surface area contributed by atoms with Crippen LogP contribution in [0.2, 0.25) is 0 Å². The van der Waals surface area contributed by atoms with Crippen LogP contribution < -0.4 is 0 Å². The molecule has 3 atom stereocenters. The lowest BCUT2D eigenvalue weighted by molar-refractivity contribution is 0.139. The molecule has 1 aliphatic carbocycles. The predicted octanol–water partition coefficient (Wildman–Crippen LogP) is 10.1. The van der Waals surface area contributed by atoms with Crippen LogP contribution in [-0.2, 0) is 4.74 Å². The average Bonchev–Trinajstić information content (AvgIpc) is 3.57. The fourth-order valence-corrected chi connectivity index (χ4v) is 8.16. The van der Waals surface area contributed by atoms with Gasteiger partial charge in [-0.1, -0.05) is 47.1 Å². The van der Waals surface area contributed by atoms with E-state index in [4.69, 9.17) is 4.74 Å². The molecule has 2 heterocycles. The topological polar surface area (TPSA) is 51.9 Å². The first-order valence-corrected chi connectivity index (χ1v) is 17.5. The summed E-state index contributed by atoms with van der Waals surface area (Å²) in [6.45, 7) is 21.7. The molecule has 0 amide bonds. The Morgan fingerprint density at radius 3 is 2.49 bits per heavy atom. The highest BCUT2D eigenvalue weighted by Crippen LogP contribution is 2.45. The number of aliphatic imine (C=N–C) groups is 1. The molecule has 254 valence electrons. The lowest BCUT2D eigenvalue weighted by Gasteiger charge is -2.38. The van der Waals surface area contributed by atoms with Gasteiger partial charge in [0.25, 0.3) is 0 Å². The van der Waals surface area contributed by atoms with Crippen LogP contribution in [0.5, 0.6) is 0 Å². The SMILES string of the molecule is C=C(/N=C1/C(F)=C(c2ccc(F)c3sc(C(C)C)c(C#N)c23)C(C)=C/C1=C(/C)N(CC)C(CCC)C(C)C)OCC1CC(F)CN1C. The van der Waals surface area contributed by atoms with Crippen molar-refractivity contribution in [3.8, 4) is 6.07 Å². The maximum Gasteiger partial charge on any atom is 0.206 e. The Hall–Kier alpha value is -3.35. The van der Waals surface area contributed by atoms with E-state index in [0.29, 0.717) is 51.2 Å². The number of hydrogen-bond donors (Lipinski definition) is 0. The van der Waals surface area contributed by atoms with Crippen molar-refractivity contribution in [3.05, 3.63) is 75.2 Å². The molecule has 3 unspecified atom stereocenters. The number of likely N-dealkylation sites (N-methyl/N-ethyl adjacent to an activating group) is 1. The average molecular weight is 667 g/mol. The zero-order chi connectivity index (χ0) is 34.7. The van der Waals surface area contributed by atoms with E-state index in [2.05, 4.69) is 50.2 Å². The van der Waals surface area contributed by atoms with Gasteiger partial charge in [0.15, 0.2) is 5.83 Å². The highest BCUT2D eigenvalue weighted by Gasteiger charge is 2.33. The summed E-state index contributed by atoms with van der Waals surface area (Å²) in [4.78, 5) is 9.65. The van der Waals surface area contributed by atoms with Crippen LogP contribution in [0, 0.1) is 23.1 Å². The van der Waals surface area contributed by atoms with E-state index in [1.165, 1.54) is 17.4 Å². The summed E-state index contributed by atoms with van der Waals surface area (Å²) in [5.41, 5.74) is 3.30. The lowest BCUT2D eigenvalue weighted by Crippen LogP contribution is -2.38. The van der Waals surface area contributed by atoms with Crippen molar-refractivity contribution in [3.63, 3.8) is 0 Å². The first-order valence-electron chi connectivity index (χ1n) is 16.7. The van der Waals surface area contributed by atoms with E-state index in [-0.39, 0.29) is 41.8 Å². The summed E-state index contributed by atoms with van der Waals surface area (Å²) in [5, 5.41) is 10.6. The highest BCUT2D eigenvalue weighted by molar-refractivity contribution is 7.19. The molecule has 5 nitrogen and oxygen atoms in total. The fraction of sp³-hybridized carbons (Fsp3) is 0.526. The van der Waals surface area contributed by atoms with Gasteiger partial charge in [0.2, 0.25) is 5.88 Å². The molecule has 0 radical (unpaired) electrons. The first kappa shape index (κ1) is 36.5. The van der Waals surface area contributed by atoms with Gasteiger partial charge >= 0.3 is 0 Å².